The first kappa shape index (κ1) is 103. The highest BCUT2D eigenvalue weighted by Gasteiger charge is 2.58. The van der Waals surface area contributed by atoms with Crippen molar-refractivity contribution in [1.29, 1.82) is 0 Å². The first-order valence-electron chi connectivity index (χ1n) is 43.7. The van der Waals surface area contributed by atoms with Crippen LogP contribution in [0.3, 0.4) is 0 Å². The van der Waals surface area contributed by atoms with Crippen molar-refractivity contribution in [3.05, 3.63) is 398 Å². The summed E-state index contributed by atoms with van der Waals surface area (Å²) < 4.78 is 54.2. The summed E-state index contributed by atoms with van der Waals surface area (Å²) in [5.41, 5.74) is 27.8. The number of alkyl halides is 3. The summed E-state index contributed by atoms with van der Waals surface area (Å²) in [5, 5.41) is 32.8. The fraction of sp³-hybridized carbons (Fsp3) is 0.274. The molecular weight excluding hydrogens is 1630 g/mol. The highest BCUT2D eigenvalue weighted by Crippen LogP contribution is 2.56. The number of fused-ring (bicyclic) bond motifs is 4. The van der Waals surface area contributed by atoms with Crippen LogP contribution >= 0.6 is 0 Å². The molecule has 0 unspecified atom stereocenters. The number of carbonyl (C=O) groups excluding carboxylic acids is 4. The van der Waals surface area contributed by atoms with Gasteiger partial charge in [0.15, 0.2) is 0 Å². The summed E-state index contributed by atoms with van der Waals surface area (Å²) in [7, 11) is 1.71. The van der Waals surface area contributed by atoms with E-state index in [1.54, 1.807) is 86.9 Å². The van der Waals surface area contributed by atoms with Crippen LogP contribution in [0.5, 0.6) is 34.5 Å². The number of para-hydroxylation sites is 4. The molecule has 0 fully saturated rings. The van der Waals surface area contributed by atoms with Crippen molar-refractivity contribution in [3.8, 4) is 34.5 Å². The Morgan fingerprint density at radius 1 is 0.326 bits per heavy atom. The molecule has 676 valence electrons. The predicted octanol–water partition coefficient (Wildman–Crippen LogP) is 27.2. The monoisotopic (exact) mass is 1760 g/mol. The maximum absolute atomic E-state index is 14.1. The number of ether oxygens (including phenoxy) is 2. The lowest BCUT2D eigenvalue weighted by Gasteiger charge is -2.39. The predicted molar refractivity (Wildman–Crippen MR) is 533 cm³/mol. The van der Waals surface area contributed by atoms with E-state index < -0.39 is 19.7 Å². The number of hydrogen-bond donors (Lipinski definition) is 6. The van der Waals surface area contributed by atoms with Gasteiger partial charge in [0.2, 0.25) is 0 Å². The van der Waals surface area contributed by atoms with Gasteiger partial charge in [0.1, 0.15) is 48.0 Å². The van der Waals surface area contributed by atoms with E-state index in [2.05, 4.69) is 164 Å². The minimum absolute atomic E-state index is 0.0295. The third kappa shape index (κ3) is 27.7. The van der Waals surface area contributed by atoms with Gasteiger partial charge in [0, 0.05) is 53.9 Å². The number of aryl methyl sites for hydroxylation is 20. The van der Waals surface area contributed by atoms with Gasteiger partial charge < -0.3 is 41.0 Å². The summed E-state index contributed by atoms with van der Waals surface area (Å²) >= 11 is 0. The molecule has 0 spiro atoms. The normalized spacial score (nSPS) is 11.4. The van der Waals surface area contributed by atoms with Gasteiger partial charge in [-0.3, -0.25) is 19.2 Å². The molecular formula is C113H131F3N4O8Si. The lowest BCUT2D eigenvalue weighted by atomic mass is 9.72. The van der Waals surface area contributed by atoms with Gasteiger partial charge in [0.25, 0.3) is 23.6 Å². The molecule has 6 N–H and O–H groups in total. The van der Waals surface area contributed by atoms with E-state index >= 15 is 0 Å². The number of aromatic hydroxyl groups is 2. The van der Waals surface area contributed by atoms with Crippen molar-refractivity contribution in [2.24, 2.45) is 0 Å². The summed E-state index contributed by atoms with van der Waals surface area (Å²) in [6.07, 6.45) is -2.18. The zero-order valence-corrected chi connectivity index (χ0v) is 81.5. The number of phenolic OH excluding ortho intramolecular Hbond substituents is 2. The van der Waals surface area contributed by atoms with Gasteiger partial charge in [0.05, 0.1) is 11.4 Å². The van der Waals surface area contributed by atoms with Crippen molar-refractivity contribution in [1.82, 2.24) is 10.6 Å². The zero-order chi connectivity index (χ0) is 95.7. The van der Waals surface area contributed by atoms with Gasteiger partial charge in [-0.25, -0.2) is 0 Å². The van der Waals surface area contributed by atoms with Crippen molar-refractivity contribution in [3.63, 3.8) is 0 Å². The largest absolute Gasteiger partial charge is 0.506 e. The number of carbonyl (C=O) groups is 4. The second-order valence-corrected chi connectivity index (χ2v) is 38.7. The first-order valence-corrected chi connectivity index (χ1v) is 46.7. The van der Waals surface area contributed by atoms with E-state index in [1.807, 2.05) is 180 Å². The van der Waals surface area contributed by atoms with E-state index in [0.29, 0.717) is 34.0 Å². The minimum atomic E-state index is -4.41. The zero-order valence-electron chi connectivity index (χ0n) is 80.5. The number of nitrogens with one attached hydrogen (secondary N) is 4. The van der Waals surface area contributed by atoms with Crippen LogP contribution in [0.4, 0.5) is 24.5 Å². The van der Waals surface area contributed by atoms with Crippen LogP contribution in [0.25, 0.3) is 0 Å². The smallest absolute Gasteiger partial charge is 0.402 e. The Balaban J connectivity index is 0.000000204. The Hall–Kier alpha value is -13.1. The molecule has 2 aliphatic rings. The molecule has 13 aromatic carbocycles. The summed E-state index contributed by atoms with van der Waals surface area (Å²) in [6.45, 7) is 51.2. The number of halogens is 3. The third-order valence-electron chi connectivity index (χ3n) is 24.0. The molecule has 0 saturated heterocycles. The van der Waals surface area contributed by atoms with Crippen LogP contribution in [-0.2, 0) is 11.8 Å². The molecule has 0 bridgehead atoms. The minimum Gasteiger partial charge on any atom is -0.506 e. The Morgan fingerprint density at radius 3 is 0.837 bits per heavy atom. The van der Waals surface area contributed by atoms with Crippen LogP contribution in [0, 0.1) is 138 Å². The maximum atomic E-state index is 14.1. The third-order valence-corrected chi connectivity index (χ3v) is 27.5. The molecule has 2 heterocycles. The molecule has 0 aromatic heterocycles. The van der Waals surface area contributed by atoms with Gasteiger partial charge in [-0.2, -0.15) is 13.2 Å². The number of amides is 4. The van der Waals surface area contributed by atoms with Crippen LogP contribution in [-0.4, -0.2) is 62.2 Å². The molecule has 15 rings (SSSR count). The fourth-order valence-electron chi connectivity index (χ4n) is 13.8. The number of hydrogen-bond acceptors (Lipinski definition) is 8. The van der Waals surface area contributed by atoms with E-state index in [4.69, 9.17) is 9.47 Å². The second kappa shape index (κ2) is 46.6. The van der Waals surface area contributed by atoms with Crippen LogP contribution in [0.15, 0.2) is 243 Å². The summed E-state index contributed by atoms with van der Waals surface area (Å²) in [6, 6.07) is 77.1. The van der Waals surface area contributed by atoms with E-state index in [0.717, 1.165) is 84.7 Å². The molecule has 12 nitrogen and oxygen atoms in total. The van der Waals surface area contributed by atoms with Crippen molar-refractivity contribution in [2.75, 3.05) is 24.7 Å². The van der Waals surface area contributed by atoms with Crippen molar-refractivity contribution < 1.29 is 52.0 Å². The molecule has 13 aromatic rings. The van der Waals surface area contributed by atoms with Crippen molar-refractivity contribution in [2.45, 2.75) is 197 Å². The summed E-state index contributed by atoms with van der Waals surface area (Å²) in [5.74, 6) is 2.26. The standard InChI is InChI=1S/C19H19F3O.C18H24Si.C17H18O.2C15H15NO2.2C10H13NO.C6H6.C3H8/c1-10-6-14-16(8-12(10)3)23-17-9-13(4)11(2)7-15(17)18(14,5)19(20,21)22;1-13-7-9-17(11-15(13)3)19(5,6)18-10-8-14(2)16(4)12-18;1-10-5-14-9-15-6-11(2)13(4)8-17(15)18-16(14)7-12(10)3;2*1-10-7-8-12(9-11(10)2)15(18)16-13-5-3-4-6-14(13)17;2*1-7-4-5-9(6-8(7)2)10(12)11-3;1-2-4-6-5-3-1;1-3-2/h6-9H,1-5H3;7-12H,1-6H3;5-8H,9H2,1-4H3;2*3-9,17H,1-2H3,(H,16,18);2*4-6H,1-3H3,(H,11,12);1-6H;3H2,1-2H3. The molecule has 0 radical (unpaired) electrons. The Labute approximate surface area is 765 Å². The first-order chi connectivity index (χ1) is 60.8. The van der Waals surface area contributed by atoms with E-state index in [1.165, 1.54) is 103 Å². The van der Waals surface area contributed by atoms with Crippen LogP contribution in [0.2, 0.25) is 13.1 Å². The van der Waals surface area contributed by atoms with Gasteiger partial charge >= 0.3 is 6.18 Å². The van der Waals surface area contributed by atoms with Crippen LogP contribution in [0.1, 0.15) is 202 Å². The average molecular weight is 1760 g/mol. The molecule has 16 heteroatoms. The molecule has 0 atom stereocenters. The molecule has 129 heavy (non-hydrogen) atoms. The molecule has 0 saturated carbocycles. The highest BCUT2D eigenvalue weighted by molar-refractivity contribution is 7.00. The van der Waals surface area contributed by atoms with Gasteiger partial charge in [-0.05, 0) is 365 Å². The molecule has 4 amide bonds. The maximum Gasteiger partial charge on any atom is 0.402 e. The van der Waals surface area contributed by atoms with Crippen molar-refractivity contribution >= 4 is 53.5 Å². The number of benzene rings is 13. The topological polar surface area (TPSA) is 175 Å². The Kier molecular flexibility index (Phi) is 37.2. The van der Waals surface area contributed by atoms with Crippen LogP contribution < -0.4 is 41.1 Å². The quantitative estimate of drug-likeness (QED) is 0.0644. The molecule has 0 aliphatic carbocycles. The number of anilines is 2. The molecule has 2 aliphatic heterocycles. The fourth-order valence-corrected chi connectivity index (χ4v) is 16.3. The Morgan fingerprint density at radius 2 is 0.566 bits per heavy atom. The number of phenols is 2. The lowest BCUT2D eigenvalue weighted by molar-refractivity contribution is -0.174. The van der Waals surface area contributed by atoms with Gasteiger partial charge in [-0.15, -0.1) is 0 Å². The SMILES string of the molecule is CCC.CNC(=O)c1ccc(C)c(C)c1.CNC(=O)c1ccc(C)c(C)c1.Cc1cc2c(cc1C)C(C)(C(F)(F)F)c1cc(C)c(C)cc1O2.Cc1cc2c(cc1C)Oc1cc(C)c(C)cc1C2.Cc1ccc(C(=O)Nc2ccccc2O)cc1C.Cc1ccc(C(=O)Nc2ccccc2O)cc1C.Cc1ccc([Si](C)(C)c2ccc(C)c(C)c2)cc1C.c1ccccc1. The number of rotatable bonds is 8. The van der Waals surface area contributed by atoms with E-state index in [9.17, 15) is 42.6 Å². The summed E-state index contributed by atoms with van der Waals surface area (Å²) in [4.78, 5) is 46.3. The second-order valence-electron chi connectivity index (χ2n) is 34.3. The average Bonchev–Trinajstić information content (AvgIpc) is 0.712. The lowest BCUT2D eigenvalue weighted by Crippen LogP contribution is -2.53. The highest BCUT2D eigenvalue weighted by atomic mass is 28.3. The van der Waals surface area contributed by atoms with Gasteiger partial charge in [-0.1, -0.05) is 189 Å². The van der Waals surface area contributed by atoms with E-state index in [-0.39, 0.29) is 46.3 Å². The Bertz CT molecular complexity index is 5690.